The molecule has 0 aliphatic heterocycles. The third-order valence-corrected chi connectivity index (χ3v) is 2.69. The van der Waals surface area contributed by atoms with E-state index in [-0.39, 0.29) is 6.61 Å². The van der Waals surface area contributed by atoms with Gasteiger partial charge in [-0.1, -0.05) is 30.3 Å². The Morgan fingerprint density at radius 2 is 1.90 bits per heavy atom. The average molecular weight is 313 g/mol. The van der Waals surface area contributed by atoms with Gasteiger partial charge in [-0.05, 0) is 5.56 Å². The number of aliphatic hydroxyl groups excluding tert-OH is 1. The highest BCUT2D eigenvalue weighted by molar-refractivity contribution is 7.74. The quantitative estimate of drug-likeness (QED) is 0.768. The first-order valence-corrected chi connectivity index (χ1v) is 6.43. The molecule has 1 rings (SSSR count). The van der Waals surface area contributed by atoms with Crippen LogP contribution in [0.2, 0.25) is 0 Å². The lowest BCUT2D eigenvalue weighted by molar-refractivity contribution is -0.231. The summed E-state index contributed by atoms with van der Waals surface area (Å²) in [6.45, 7) is -0.750. The van der Waals surface area contributed by atoms with E-state index >= 15 is 0 Å². The first kappa shape index (κ1) is 17.1. The van der Waals surface area contributed by atoms with Gasteiger partial charge in [0.2, 0.25) is 0 Å². The van der Waals surface area contributed by atoms with Crippen molar-refractivity contribution in [1.82, 2.24) is 0 Å². The Bertz CT molecular complexity index is 426. The largest absolute Gasteiger partial charge is 0.750 e. The van der Waals surface area contributed by atoms with Crippen LogP contribution in [0.25, 0.3) is 0 Å². The van der Waals surface area contributed by atoms with Gasteiger partial charge in [0.25, 0.3) is 0 Å². The monoisotopic (exact) mass is 313 g/mol. The number of alkyl halides is 3. The molecule has 1 aromatic carbocycles. The molecule has 1 N–H and O–H groups in total. The van der Waals surface area contributed by atoms with Crippen LogP contribution >= 0.6 is 0 Å². The average Bonchev–Trinajstić information content (AvgIpc) is 2.36. The maximum absolute atomic E-state index is 12.3. The van der Waals surface area contributed by atoms with Gasteiger partial charge in [-0.25, -0.2) is 4.21 Å². The van der Waals surface area contributed by atoms with E-state index in [1.54, 1.807) is 30.3 Å². The summed E-state index contributed by atoms with van der Waals surface area (Å²) in [5.41, 5.74) is 0.691. The number of hydrogen-bond acceptors (Lipinski definition) is 5. The maximum Gasteiger partial charge on any atom is 0.417 e. The minimum Gasteiger partial charge on any atom is -0.750 e. The molecule has 0 amide bonds. The molecule has 0 radical (unpaired) electrons. The van der Waals surface area contributed by atoms with Crippen LogP contribution in [0.3, 0.4) is 0 Å². The summed E-state index contributed by atoms with van der Waals surface area (Å²) >= 11 is -3.19. The van der Waals surface area contributed by atoms with E-state index in [4.69, 9.17) is 9.84 Å². The summed E-state index contributed by atoms with van der Waals surface area (Å²) in [6.07, 6.45) is -9.99. The fraction of sp³-hybridized carbons (Fsp3) is 0.455. The van der Waals surface area contributed by atoms with Crippen LogP contribution in [0.1, 0.15) is 5.56 Å². The highest BCUT2D eigenvalue weighted by Crippen LogP contribution is 2.24. The smallest absolute Gasteiger partial charge is 0.417 e. The second-order valence-electron chi connectivity index (χ2n) is 3.83. The zero-order chi connectivity index (χ0) is 15.2. The Morgan fingerprint density at radius 3 is 2.40 bits per heavy atom. The van der Waals surface area contributed by atoms with Crippen molar-refractivity contribution in [3.8, 4) is 0 Å². The summed E-state index contributed by atoms with van der Waals surface area (Å²) in [6, 6.07) is 8.54. The van der Waals surface area contributed by atoms with Crippen LogP contribution in [0.5, 0.6) is 0 Å². The van der Waals surface area contributed by atoms with Crippen molar-refractivity contribution in [2.45, 2.75) is 25.0 Å². The summed E-state index contributed by atoms with van der Waals surface area (Å²) in [4.78, 5) is 0. The molecule has 0 saturated carbocycles. The zero-order valence-electron chi connectivity index (χ0n) is 10.1. The standard InChI is InChI=1S/C11H13F3O5S/c12-11(13,14)10(15)9(19-20(16)17)7-18-6-8-4-2-1-3-5-8/h1-5,9-10,15H,6-7H2,(H,16,17)/p-1/t9-,10+/m1/s1. The molecule has 0 aromatic heterocycles. The van der Waals surface area contributed by atoms with E-state index in [0.29, 0.717) is 5.56 Å². The SMILES string of the molecule is O=S([O-])O[C@H](COCc1ccccc1)[C@H](O)C(F)(F)F. The molecule has 0 saturated heterocycles. The van der Waals surface area contributed by atoms with Crippen molar-refractivity contribution >= 4 is 11.4 Å². The van der Waals surface area contributed by atoms with E-state index in [1.165, 1.54) is 0 Å². The zero-order valence-corrected chi connectivity index (χ0v) is 10.9. The van der Waals surface area contributed by atoms with Crippen molar-refractivity contribution in [3.63, 3.8) is 0 Å². The van der Waals surface area contributed by atoms with E-state index in [0.717, 1.165) is 0 Å². The fourth-order valence-electron chi connectivity index (χ4n) is 1.35. The molecule has 0 heterocycles. The minimum atomic E-state index is -5.00. The molecule has 3 atom stereocenters. The van der Waals surface area contributed by atoms with Crippen molar-refractivity contribution in [3.05, 3.63) is 35.9 Å². The summed E-state index contributed by atoms with van der Waals surface area (Å²) in [5, 5.41) is 8.99. The van der Waals surface area contributed by atoms with Crippen molar-refractivity contribution in [2.24, 2.45) is 0 Å². The van der Waals surface area contributed by atoms with Crippen LogP contribution in [0.4, 0.5) is 13.2 Å². The van der Waals surface area contributed by atoms with Gasteiger partial charge >= 0.3 is 6.18 Å². The second kappa shape index (κ2) is 7.70. The topological polar surface area (TPSA) is 78.8 Å². The fourth-order valence-corrected chi connectivity index (χ4v) is 1.71. The van der Waals surface area contributed by atoms with Crippen LogP contribution in [0, 0.1) is 0 Å². The summed E-state index contributed by atoms with van der Waals surface area (Å²) in [5.74, 6) is 0. The van der Waals surface area contributed by atoms with Gasteiger partial charge in [0, 0.05) is 0 Å². The lowest BCUT2D eigenvalue weighted by Gasteiger charge is -2.25. The van der Waals surface area contributed by atoms with E-state index < -0.39 is 36.4 Å². The Kier molecular flexibility index (Phi) is 6.56. The van der Waals surface area contributed by atoms with Crippen molar-refractivity contribution in [2.75, 3.05) is 6.61 Å². The third-order valence-electron chi connectivity index (χ3n) is 2.28. The first-order valence-electron chi connectivity index (χ1n) is 5.43. The number of aliphatic hydroxyl groups is 1. The number of ether oxygens (including phenoxy) is 1. The Morgan fingerprint density at radius 1 is 1.30 bits per heavy atom. The number of hydrogen-bond donors (Lipinski definition) is 1. The van der Waals surface area contributed by atoms with Crippen LogP contribution in [0.15, 0.2) is 30.3 Å². The maximum atomic E-state index is 12.3. The Labute approximate surface area is 115 Å². The van der Waals surface area contributed by atoms with Crippen LogP contribution in [-0.4, -0.2) is 38.9 Å². The number of halogens is 3. The highest BCUT2D eigenvalue weighted by atomic mass is 32.2. The molecule has 0 fully saturated rings. The predicted molar refractivity (Wildman–Crippen MR) is 62.0 cm³/mol. The normalized spacial score (nSPS) is 16.6. The van der Waals surface area contributed by atoms with Crippen LogP contribution < -0.4 is 0 Å². The molecule has 1 unspecified atom stereocenters. The van der Waals surface area contributed by atoms with Gasteiger partial charge in [-0.3, -0.25) is 4.18 Å². The Hall–Kier alpha value is -1.00. The van der Waals surface area contributed by atoms with Gasteiger partial charge in [-0.15, -0.1) is 0 Å². The molecule has 5 nitrogen and oxygen atoms in total. The van der Waals surface area contributed by atoms with E-state index in [9.17, 15) is 21.9 Å². The molecular weight excluding hydrogens is 301 g/mol. The number of rotatable bonds is 7. The molecule has 20 heavy (non-hydrogen) atoms. The molecule has 9 heteroatoms. The third kappa shape index (κ3) is 5.97. The highest BCUT2D eigenvalue weighted by Gasteiger charge is 2.44. The van der Waals surface area contributed by atoms with E-state index in [1.807, 2.05) is 0 Å². The van der Waals surface area contributed by atoms with Gasteiger partial charge in [-0.2, -0.15) is 13.2 Å². The Balaban J connectivity index is 2.55. The van der Waals surface area contributed by atoms with Gasteiger partial charge in [0.05, 0.1) is 24.6 Å². The van der Waals surface area contributed by atoms with Gasteiger partial charge in [0.1, 0.15) is 6.10 Å². The minimum absolute atomic E-state index is 0.0310. The molecule has 0 bridgehead atoms. The van der Waals surface area contributed by atoms with Gasteiger partial charge in [0.15, 0.2) is 6.10 Å². The van der Waals surface area contributed by atoms with E-state index in [2.05, 4.69) is 4.18 Å². The first-order chi connectivity index (χ1) is 9.30. The second-order valence-corrected chi connectivity index (χ2v) is 4.43. The predicted octanol–water partition coefficient (Wildman–Crippen LogP) is 1.31. The molecule has 0 aliphatic rings. The van der Waals surface area contributed by atoms with Crippen LogP contribution in [-0.2, 0) is 26.9 Å². The molecule has 0 spiro atoms. The number of benzene rings is 1. The lowest BCUT2D eigenvalue weighted by atomic mass is 10.2. The van der Waals surface area contributed by atoms with Crippen molar-refractivity contribution in [1.29, 1.82) is 0 Å². The van der Waals surface area contributed by atoms with Crippen molar-refractivity contribution < 1.29 is 36.0 Å². The van der Waals surface area contributed by atoms with Gasteiger partial charge < -0.3 is 14.4 Å². The molecule has 114 valence electrons. The molecule has 0 aliphatic carbocycles. The molecular formula is C11H12F3O5S-. The summed E-state index contributed by atoms with van der Waals surface area (Å²) < 4.78 is 66.5. The lowest BCUT2D eigenvalue weighted by Crippen LogP contribution is -2.44. The molecule has 1 aromatic rings. The summed E-state index contributed by atoms with van der Waals surface area (Å²) in [7, 11) is 0.